The summed E-state index contributed by atoms with van der Waals surface area (Å²) in [5.41, 5.74) is 2.61. The van der Waals surface area contributed by atoms with Gasteiger partial charge in [0.2, 0.25) is 0 Å². The zero-order chi connectivity index (χ0) is 19.2. The Bertz CT molecular complexity index is 754. The van der Waals surface area contributed by atoms with Crippen LogP contribution in [-0.2, 0) is 0 Å². The highest BCUT2D eigenvalue weighted by Gasteiger charge is 2.24. The second-order valence-electron chi connectivity index (χ2n) is 6.82. The van der Waals surface area contributed by atoms with E-state index in [2.05, 4.69) is 32.0 Å². The third kappa shape index (κ3) is 4.59. The summed E-state index contributed by atoms with van der Waals surface area (Å²) in [6.45, 7) is 4.57. The summed E-state index contributed by atoms with van der Waals surface area (Å²) in [6.07, 6.45) is 3.69. The lowest BCUT2D eigenvalue weighted by molar-refractivity contribution is 0.0924. The van der Waals surface area contributed by atoms with Gasteiger partial charge in [0.15, 0.2) is 0 Å². The average Bonchev–Trinajstić information content (AvgIpc) is 3.10. The first-order valence-corrected chi connectivity index (χ1v) is 10.2. The number of benzene rings is 1. The fourth-order valence-corrected chi connectivity index (χ4v) is 4.34. The lowest BCUT2D eigenvalue weighted by Gasteiger charge is -2.35. The number of hydrogen-bond acceptors (Lipinski definition) is 6. The standard InChI is InChI=1S/C20H28N4O2S/c1-14-18(20(21-2)27-23-14)19(25)22-13-17(24-11-5-4-6-12-24)15-7-9-16(26-3)10-8-15/h7-10,17,21H,4-6,11-13H2,1-3H3,(H,22,25). The zero-order valence-electron chi connectivity index (χ0n) is 16.2. The molecule has 2 heterocycles. The van der Waals surface area contributed by atoms with Crippen LogP contribution in [0.5, 0.6) is 5.75 Å². The Balaban J connectivity index is 1.76. The fraction of sp³-hybridized carbons (Fsp3) is 0.500. The van der Waals surface area contributed by atoms with Crippen molar-refractivity contribution in [1.82, 2.24) is 14.6 Å². The Morgan fingerprint density at radius 1 is 1.26 bits per heavy atom. The van der Waals surface area contributed by atoms with Gasteiger partial charge in [0.1, 0.15) is 10.8 Å². The highest BCUT2D eigenvalue weighted by Crippen LogP contribution is 2.27. The SMILES string of the molecule is CNc1snc(C)c1C(=O)NCC(c1ccc(OC)cc1)N1CCCCC1. The first kappa shape index (κ1) is 19.6. The predicted molar refractivity (Wildman–Crippen MR) is 110 cm³/mol. The second-order valence-corrected chi connectivity index (χ2v) is 7.59. The van der Waals surface area contributed by atoms with Gasteiger partial charge in [-0.25, -0.2) is 0 Å². The summed E-state index contributed by atoms with van der Waals surface area (Å²) < 4.78 is 9.58. The molecule has 1 aromatic heterocycles. The van der Waals surface area contributed by atoms with Crippen molar-refractivity contribution in [1.29, 1.82) is 0 Å². The number of anilines is 1. The molecule has 1 aromatic carbocycles. The van der Waals surface area contributed by atoms with Gasteiger partial charge in [0.05, 0.1) is 24.4 Å². The summed E-state index contributed by atoms with van der Waals surface area (Å²) in [4.78, 5) is 15.3. The molecule has 1 atom stereocenters. The lowest BCUT2D eigenvalue weighted by Crippen LogP contribution is -2.40. The number of nitrogens with one attached hydrogen (secondary N) is 2. The molecule has 1 unspecified atom stereocenters. The van der Waals surface area contributed by atoms with E-state index in [0.29, 0.717) is 12.1 Å². The van der Waals surface area contributed by atoms with Gasteiger partial charge in [-0.15, -0.1) is 0 Å². The molecule has 6 nitrogen and oxygen atoms in total. The van der Waals surface area contributed by atoms with E-state index < -0.39 is 0 Å². The minimum Gasteiger partial charge on any atom is -0.497 e. The number of likely N-dealkylation sites (tertiary alicyclic amines) is 1. The van der Waals surface area contributed by atoms with Crippen LogP contribution in [0.15, 0.2) is 24.3 Å². The molecule has 146 valence electrons. The van der Waals surface area contributed by atoms with Crippen molar-refractivity contribution >= 4 is 22.4 Å². The van der Waals surface area contributed by atoms with E-state index in [1.54, 1.807) is 7.11 Å². The lowest BCUT2D eigenvalue weighted by atomic mass is 10.0. The quantitative estimate of drug-likeness (QED) is 0.760. The Labute approximate surface area is 165 Å². The van der Waals surface area contributed by atoms with Gasteiger partial charge in [-0.05, 0) is 62.1 Å². The maximum atomic E-state index is 12.8. The number of ether oxygens (including phenoxy) is 1. The van der Waals surface area contributed by atoms with Gasteiger partial charge >= 0.3 is 0 Å². The molecule has 0 spiro atoms. The molecule has 2 aromatic rings. The van der Waals surface area contributed by atoms with Crippen LogP contribution < -0.4 is 15.4 Å². The molecule has 0 aliphatic carbocycles. The maximum absolute atomic E-state index is 12.8. The van der Waals surface area contributed by atoms with Gasteiger partial charge in [-0.2, -0.15) is 4.37 Å². The zero-order valence-corrected chi connectivity index (χ0v) is 17.1. The second kappa shape index (κ2) is 9.19. The van der Waals surface area contributed by atoms with Crippen molar-refractivity contribution in [2.75, 3.05) is 39.1 Å². The molecule has 0 bridgehead atoms. The molecule has 1 saturated heterocycles. The van der Waals surface area contributed by atoms with Crippen LogP contribution in [0.25, 0.3) is 0 Å². The number of rotatable bonds is 7. The average molecular weight is 389 g/mol. The number of amides is 1. The fourth-order valence-electron chi connectivity index (χ4n) is 3.60. The smallest absolute Gasteiger partial charge is 0.256 e. The van der Waals surface area contributed by atoms with E-state index in [1.165, 1.54) is 36.4 Å². The molecule has 1 aliphatic rings. The molecule has 1 amide bonds. The van der Waals surface area contributed by atoms with Crippen molar-refractivity contribution in [2.45, 2.75) is 32.2 Å². The first-order chi connectivity index (χ1) is 13.1. The summed E-state index contributed by atoms with van der Waals surface area (Å²) in [5.74, 6) is 0.778. The Morgan fingerprint density at radius 2 is 1.96 bits per heavy atom. The minimum absolute atomic E-state index is 0.0684. The van der Waals surface area contributed by atoms with Crippen molar-refractivity contribution < 1.29 is 9.53 Å². The highest BCUT2D eigenvalue weighted by atomic mass is 32.1. The predicted octanol–water partition coefficient (Wildman–Crippen LogP) is 3.46. The number of aromatic nitrogens is 1. The largest absolute Gasteiger partial charge is 0.497 e. The summed E-state index contributed by atoms with van der Waals surface area (Å²) in [6, 6.07) is 8.33. The van der Waals surface area contributed by atoms with Crippen molar-refractivity contribution in [3.63, 3.8) is 0 Å². The van der Waals surface area contributed by atoms with E-state index in [1.807, 2.05) is 26.1 Å². The number of carbonyl (C=O) groups is 1. The van der Waals surface area contributed by atoms with Crippen LogP contribution in [0.2, 0.25) is 0 Å². The number of nitrogens with zero attached hydrogens (tertiary/aromatic N) is 2. The molecular formula is C20H28N4O2S. The molecule has 27 heavy (non-hydrogen) atoms. The van der Waals surface area contributed by atoms with Gasteiger partial charge in [-0.1, -0.05) is 18.6 Å². The van der Waals surface area contributed by atoms with Crippen LogP contribution in [0.4, 0.5) is 5.00 Å². The van der Waals surface area contributed by atoms with E-state index in [0.717, 1.165) is 29.5 Å². The van der Waals surface area contributed by atoms with Gasteiger partial charge < -0.3 is 15.4 Å². The maximum Gasteiger partial charge on any atom is 0.256 e. The molecule has 3 rings (SSSR count). The minimum atomic E-state index is -0.0684. The van der Waals surface area contributed by atoms with Crippen LogP contribution in [0, 0.1) is 6.92 Å². The number of hydrogen-bond donors (Lipinski definition) is 2. The van der Waals surface area contributed by atoms with Crippen LogP contribution >= 0.6 is 11.5 Å². The summed E-state index contributed by atoms with van der Waals surface area (Å²) >= 11 is 1.32. The van der Waals surface area contributed by atoms with E-state index >= 15 is 0 Å². The molecule has 0 saturated carbocycles. The number of carbonyl (C=O) groups excluding carboxylic acids is 1. The molecule has 2 N–H and O–H groups in total. The monoisotopic (exact) mass is 388 g/mol. The topological polar surface area (TPSA) is 66.5 Å². The Morgan fingerprint density at radius 3 is 2.59 bits per heavy atom. The summed E-state index contributed by atoms with van der Waals surface area (Å²) in [7, 11) is 3.49. The van der Waals surface area contributed by atoms with E-state index in [4.69, 9.17) is 4.74 Å². The molecule has 7 heteroatoms. The van der Waals surface area contributed by atoms with Crippen molar-refractivity contribution in [2.24, 2.45) is 0 Å². The van der Waals surface area contributed by atoms with Gasteiger partial charge in [-0.3, -0.25) is 9.69 Å². The Kier molecular flexibility index (Phi) is 6.68. The van der Waals surface area contributed by atoms with Crippen molar-refractivity contribution in [3.05, 3.63) is 41.1 Å². The van der Waals surface area contributed by atoms with Gasteiger partial charge in [0, 0.05) is 13.6 Å². The number of aryl methyl sites for hydroxylation is 1. The molecule has 0 radical (unpaired) electrons. The normalized spacial score (nSPS) is 16.0. The first-order valence-electron chi connectivity index (χ1n) is 9.44. The van der Waals surface area contributed by atoms with Crippen molar-refractivity contribution in [3.8, 4) is 5.75 Å². The van der Waals surface area contributed by atoms with E-state index in [-0.39, 0.29) is 11.9 Å². The van der Waals surface area contributed by atoms with Crippen LogP contribution in [0.3, 0.4) is 0 Å². The summed E-state index contributed by atoms with van der Waals surface area (Å²) in [5, 5.41) is 7.01. The third-order valence-electron chi connectivity index (χ3n) is 5.10. The number of piperidine rings is 1. The molecule has 1 aliphatic heterocycles. The van der Waals surface area contributed by atoms with E-state index in [9.17, 15) is 4.79 Å². The van der Waals surface area contributed by atoms with Crippen LogP contribution in [0.1, 0.15) is 46.9 Å². The number of methoxy groups -OCH3 is 1. The van der Waals surface area contributed by atoms with Crippen LogP contribution in [-0.4, -0.2) is 49.0 Å². The van der Waals surface area contributed by atoms with Gasteiger partial charge in [0.25, 0.3) is 5.91 Å². The third-order valence-corrected chi connectivity index (χ3v) is 6.06. The molecule has 1 fully saturated rings. The highest BCUT2D eigenvalue weighted by molar-refractivity contribution is 7.10. The molecular weight excluding hydrogens is 360 g/mol. The Hall–Kier alpha value is -2.12.